The Hall–Kier alpha value is -2.89. The lowest BCUT2D eigenvalue weighted by Crippen LogP contribution is -2.48. The number of rotatable bonds is 12. The maximum absolute atomic E-state index is 12.9. The fraction of sp³-hybridized carbons (Fsp3) is 0.448. The number of benzene rings is 2. The summed E-state index contributed by atoms with van der Waals surface area (Å²) in [5.41, 5.74) is 3.36. The molecule has 0 aliphatic carbocycles. The zero-order chi connectivity index (χ0) is 27.8. The van der Waals surface area contributed by atoms with E-state index in [0.29, 0.717) is 13.0 Å². The van der Waals surface area contributed by atoms with Crippen LogP contribution in [0.3, 0.4) is 0 Å². The minimum absolute atomic E-state index is 0. The van der Waals surface area contributed by atoms with Gasteiger partial charge in [0.2, 0.25) is 5.91 Å². The van der Waals surface area contributed by atoms with Gasteiger partial charge in [0.1, 0.15) is 18.9 Å². The molecule has 3 aromatic rings. The summed E-state index contributed by atoms with van der Waals surface area (Å²) in [5.74, 6) is -0.0954. The Morgan fingerprint density at radius 2 is 1.73 bits per heavy atom. The number of hydrogen-bond donors (Lipinski definition) is 3. The Morgan fingerprint density at radius 1 is 1.02 bits per heavy atom. The van der Waals surface area contributed by atoms with E-state index >= 15 is 0 Å². The predicted octanol–water partition coefficient (Wildman–Crippen LogP) is 2.81. The van der Waals surface area contributed by atoms with Gasteiger partial charge in [-0.25, -0.2) is 0 Å². The van der Waals surface area contributed by atoms with Gasteiger partial charge in [-0.05, 0) is 43.1 Å². The van der Waals surface area contributed by atoms with Crippen LogP contribution in [0.1, 0.15) is 20.3 Å². The third-order valence-electron chi connectivity index (χ3n) is 6.98. The summed E-state index contributed by atoms with van der Waals surface area (Å²) >= 11 is 0. The smallest absolute Gasteiger partial charge is 0.475 e. The third-order valence-corrected chi connectivity index (χ3v) is 6.98. The molecule has 9 nitrogen and oxygen atoms in total. The van der Waals surface area contributed by atoms with E-state index in [1.54, 1.807) is 4.68 Å². The van der Waals surface area contributed by atoms with Crippen LogP contribution in [0.15, 0.2) is 60.7 Å². The van der Waals surface area contributed by atoms with Gasteiger partial charge in [-0.3, -0.25) is 14.4 Å². The number of nitrogens with one attached hydrogen (secondary N) is 1. The van der Waals surface area contributed by atoms with E-state index in [1.165, 1.54) is 0 Å². The summed E-state index contributed by atoms with van der Waals surface area (Å²) < 4.78 is 7.74. The zero-order valence-corrected chi connectivity index (χ0v) is 24.4. The van der Waals surface area contributed by atoms with Crippen molar-refractivity contribution in [1.29, 1.82) is 0 Å². The lowest BCUT2D eigenvalue weighted by Gasteiger charge is -2.32. The molecule has 0 radical (unpaired) electrons. The van der Waals surface area contributed by atoms with E-state index in [1.807, 2.05) is 74.5 Å². The van der Waals surface area contributed by atoms with Crippen molar-refractivity contribution in [3.8, 4) is 28.3 Å². The number of ether oxygens (including phenoxy) is 1. The Bertz CT molecular complexity index is 1200. The number of amides is 1. The summed E-state index contributed by atoms with van der Waals surface area (Å²) in [7, 11) is 0.524. The fourth-order valence-corrected chi connectivity index (χ4v) is 4.78. The minimum Gasteiger partial charge on any atom is -0.492 e. The normalized spacial score (nSPS) is 14.9. The summed E-state index contributed by atoms with van der Waals surface area (Å²) in [6.45, 7) is 9.68. The van der Waals surface area contributed by atoms with Crippen molar-refractivity contribution >= 4 is 25.4 Å². The molecule has 1 unspecified atom stereocenters. The molecule has 40 heavy (non-hydrogen) atoms. The first-order chi connectivity index (χ1) is 18.8. The van der Waals surface area contributed by atoms with E-state index in [2.05, 4.69) is 22.2 Å². The van der Waals surface area contributed by atoms with E-state index in [-0.39, 0.29) is 30.8 Å². The topological polar surface area (TPSA) is 103 Å². The van der Waals surface area contributed by atoms with E-state index in [9.17, 15) is 14.8 Å². The second-order valence-electron chi connectivity index (χ2n) is 10.7. The van der Waals surface area contributed by atoms with Crippen molar-refractivity contribution in [2.75, 3.05) is 46.4 Å². The molecule has 216 valence electrons. The summed E-state index contributed by atoms with van der Waals surface area (Å²) in [4.78, 5) is 17.7. The molecule has 1 saturated heterocycles. The highest BCUT2D eigenvalue weighted by molar-refractivity contribution is 6.43. The van der Waals surface area contributed by atoms with Gasteiger partial charge in [-0.1, -0.05) is 56.3 Å². The van der Waals surface area contributed by atoms with Crippen molar-refractivity contribution in [3.05, 3.63) is 60.7 Å². The molecule has 2 heterocycles. The Labute approximate surface area is 243 Å². The van der Waals surface area contributed by atoms with Crippen LogP contribution in [-0.2, 0) is 11.3 Å². The molecule has 1 aromatic heterocycles. The highest BCUT2D eigenvalue weighted by Gasteiger charge is 2.26. The highest BCUT2D eigenvalue weighted by Crippen LogP contribution is 2.28. The van der Waals surface area contributed by atoms with Crippen LogP contribution >= 0.6 is 12.4 Å². The van der Waals surface area contributed by atoms with Crippen LogP contribution in [0.2, 0.25) is 0 Å². The summed E-state index contributed by atoms with van der Waals surface area (Å²) in [6.07, 6.45) is 0.459. The lowest BCUT2D eigenvalue weighted by atomic mass is 9.75. The number of piperazine rings is 1. The molecule has 1 amide bonds. The molecule has 4 rings (SSSR count). The fourth-order valence-electron chi connectivity index (χ4n) is 4.78. The van der Waals surface area contributed by atoms with E-state index in [4.69, 9.17) is 9.84 Å². The second-order valence-corrected chi connectivity index (χ2v) is 10.7. The first kappa shape index (κ1) is 31.6. The van der Waals surface area contributed by atoms with Gasteiger partial charge >= 0.3 is 7.12 Å². The van der Waals surface area contributed by atoms with Crippen molar-refractivity contribution in [3.63, 3.8) is 0 Å². The molecule has 3 N–H and O–H groups in total. The first-order valence-electron chi connectivity index (χ1n) is 13.7. The van der Waals surface area contributed by atoms with Crippen LogP contribution in [0, 0.1) is 5.92 Å². The maximum atomic E-state index is 12.9. The van der Waals surface area contributed by atoms with Gasteiger partial charge in [0.05, 0.1) is 17.3 Å². The number of aromatic nitrogens is 2. The Balaban J connectivity index is 0.00000441. The Morgan fingerprint density at radius 3 is 2.40 bits per heavy atom. The summed E-state index contributed by atoms with van der Waals surface area (Å²) in [6, 6.07) is 19.6. The number of halogens is 1. The van der Waals surface area contributed by atoms with E-state index in [0.717, 1.165) is 61.0 Å². The number of carbonyl (C=O) groups excluding carboxylic acids is 1. The first-order valence-corrected chi connectivity index (χ1v) is 13.7. The van der Waals surface area contributed by atoms with Crippen LogP contribution in [-0.4, -0.2) is 95.0 Å². The zero-order valence-electron chi connectivity index (χ0n) is 23.6. The molecule has 1 aliphatic rings. The molecule has 1 fully saturated rings. The molecule has 2 aromatic carbocycles. The quantitative estimate of drug-likeness (QED) is 0.288. The van der Waals surface area contributed by atoms with Crippen molar-refractivity contribution in [2.45, 2.75) is 32.8 Å². The van der Waals surface area contributed by atoms with Gasteiger partial charge in [-0.15, -0.1) is 12.4 Å². The lowest BCUT2D eigenvalue weighted by molar-refractivity contribution is -0.122. The molecule has 1 atom stereocenters. The van der Waals surface area contributed by atoms with Crippen molar-refractivity contribution < 1.29 is 19.6 Å². The predicted molar refractivity (Wildman–Crippen MR) is 161 cm³/mol. The SMILES string of the molecule is CC(C)CC(NC(=O)Cn1nc(-c2cccc(OCCN3CCN(C)CC3)c2)cc1-c1ccccc1)B(O)O.Cl. The monoisotopic (exact) mass is 569 g/mol. The largest absolute Gasteiger partial charge is 0.492 e. The molecule has 0 spiro atoms. The maximum Gasteiger partial charge on any atom is 0.475 e. The standard InChI is InChI=1S/C29H40BN5O4.ClH/c1-22(2)18-28(30(37)38)31-29(36)21-35-27(23-8-5-4-6-9-23)20-26(32-35)24-10-7-11-25(19-24)39-17-16-34-14-12-33(3)13-15-34;/h4-11,19-20,22,28,37-38H,12-18,21H2,1-3H3,(H,31,36);1H. The molecule has 1 aliphatic heterocycles. The third kappa shape index (κ3) is 9.07. The molecule has 11 heteroatoms. The number of hydrogen-bond acceptors (Lipinski definition) is 7. The van der Waals surface area contributed by atoms with Crippen molar-refractivity contribution in [2.24, 2.45) is 5.92 Å². The van der Waals surface area contributed by atoms with Crippen LogP contribution < -0.4 is 10.1 Å². The average Bonchev–Trinajstić information content (AvgIpc) is 3.33. The summed E-state index contributed by atoms with van der Waals surface area (Å²) in [5, 5.41) is 27.0. The van der Waals surface area contributed by atoms with Gasteiger partial charge in [0, 0.05) is 38.3 Å². The second kappa shape index (κ2) is 15.2. The van der Waals surface area contributed by atoms with Gasteiger partial charge < -0.3 is 25.0 Å². The number of nitrogens with zero attached hydrogens (tertiary/aromatic N) is 4. The van der Waals surface area contributed by atoms with Gasteiger partial charge in [0.15, 0.2) is 0 Å². The number of likely N-dealkylation sites (N-methyl/N-ethyl adjacent to an activating group) is 1. The molecule has 0 saturated carbocycles. The highest BCUT2D eigenvalue weighted by atomic mass is 35.5. The number of carbonyl (C=O) groups is 1. The van der Waals surface area contributed by atoms with E-state index < -0.39 is 13.1 Å². The molecular formula is C29H41BClN5O4. The van der Waals surface area contributed by atoms with Gasteiger partial charge in [-0.2, -0.15) is 5.10 Å². The van der Waals surface area contributed by atoms with Crippen LogP contribution in [0.4, 0.5) is 0 Å². The minimum atomic E-state index is -1.63. The average molecular weight is 570 g/mol. The van der Waals surface area contributed by atoms with Gasteiger partial charge in [0.25, 0.3) is 0 Å². The Kier molecular flexibility index (Phi) is 12.0. The van der Waals surface area contributed by atoms with Crippen LogP contribution in [0.25, 0.3) is 22.5 Å². The van der Waals surface area contributed by atoms with Crippen molar-refractivity contribution in [1.82, 2.24) is 24.9 Å². The molecular weight excluding hydrogens is 529 g/mol. The molecule has 0 bridgehead atoms. The van der Waals surface area contributed by atoms with Crippen LogP contribution in [0.5, 0.6) is 5.75 Å².